The number of hydrogen-bond donors (Lipinski definition) is 1. The molecule has 0 radical (unpaired) electrons. The molecular weight excluding hydrogens is 346 g/mol. The van der Waals surface area contributed by atoms with Crippen molar-refractivity contribution in [1.29, 1.82) is 0 Å². The molecule has 138 valence electrons. The van der Waals surface area contributed by atoms with Gasteiger partial charge >= 0.3 is 0 Å². The SMILES string of the molecule is Cc1nc(C)c(C(C)N(C)C(=O)c2cccc(NC(=O)C3CC3C)c2)s1. The first kappa shape index (κ1) is 18.6. The second kappa shape index (κ2) is 7.19. The molecule has 0 bridgehead atoms. The second-order valence-corrected chi connectivity index (χ2v) is 8.40. The number of nitrogens with zero attached hydrogens (tertiary/aromatic N) is 2. The highest BCUT2D eigenvalue weighted by molar-refractivity contribution is 7.11. The predicted octanol–water partition coefficient (Wildman–Crippen LogP) is 4.19. The summed E-state index contributed by atoms with van der Waals surface area (Å²) in [7, 11) is 1.80. The summed E-state index contributed by atoms with van der Waals surface area (Å²) < 4.78 is 0. The van der Waals surface area contributed by atoms with Gasteiger partial charge in [-0.25, -0.2) is 4.98 Å². The molecule has 1 saturated carbocycles. The molecule has 1 aromatic carbocycles. The normalized spacial score (nSPS) is 19.7. The maximum atomic E-state index is 12.9. The third kappa shape index (κ3) is 3.80. The van der Waals surface area contributed by atoms with Crippen molar-refractivity contribution in [2.45, 2.75) is 40.2 Å². The van der Waals surface area contributed by atoms with Crippen LogP contribution in [-0.2, 0) is 4.79 Å². The third-order valence-electron chi connectivity index (χ3n) is 5.04. The predicted molar refractivity (Wildman–Crippen MR) is 104 cm³/mol. The number of hydrogen-bond acceptors (Lipinski definition) is 4. The van der Waals surface area contributed by atoms with Gasteiger partial charge in [0.1, 0.15) is 0 Å². The van der Waals surface area contributed by atoms with E-state index in [1.807, 2.05) is 26.8 Å². The summed E-state index contributed by atoms with van der Waals surface area (Å²) in [4.78, 5) is 32.3. The third-order valence-corrected chi connectivity index (χ3v) is 6.29. The Balaban J connectivity index is 1.73. The van der Waals surface area contributed by atoms with Crippen molar-refractivity contribution in [1.82, 2.24) is 9.88 Å². The standard InChI is InChI=1S/C20H25N3O2S/c1-11-9-17(11)19(24)22-16-8-6-7-15(10-16)20(25)23(5)13(3)18-12(2)21-14(4)26-18/h6-8,10-11,13,17H,9H2,1-5H3,(H,22,24). The summed E-state index contributed by atoms with van der Waals surface area (Å²) in [5.41, 5.74) is 2.21. The number of aromatic nitrogens is 1. The van der Waals surface area contributed by atoms with Gasteiger partial charge in [0, 0.05) is 29.1 Å². The van der Waals surface area contributed by atoms with Crippen LogP contribution < -0.4 is 5.32 Å². The minimum atomic E-state index is -0.0705. The van der Waals surface area contributed by atoms with E-state index in [1.54, 1.807) is 41.5 Å². The van der Waals surface area contributed by atoms with E-state index in [0.717, 1.165) is 22.0 Å². The summed E-state index contributed by atoms with van der Waals surface area (Å²) in [6, 6.07) is 7.11. The number of anilines is 1. The Bertz CT molecular complexity index is 845. The van der Waals surface area contributed by atoms with Gasteiger partial charge in [0.05, 0.1) is 16.7 Å². The van der Waals surface area contributed by atoms with Crippen molar-refractivity contribution in [3.8, 4) is 0 Å². The molecule has 1 aliphatic carbocycles. The Hall–Kier alpha value is -2.21. The van der Waals surface area contributed by atoms with Crippen molar-refractivity contribution in [2.24, 2.45) is 11.8 Å². The molecule has 2 amide bonds. The molecule has 1 heterocycles. The number of carbonyl (C=O) groups is 2. The Morgan fingerprint density at radius 2 is 2.04 bits per heavy atom. The summed E-state index contributed by atoms with van der Waals surface area (Å²) >= 11 is 1.62. The molecule has 1 aliphatic rings. The van der Waals surface area contributed by atoms with Gasteiger partial charge < -0.3 is 10.2 Å². The van der Waals surface area contributed by atoms with E-state index in [9.17, 15) is 9.59 Å². The first-order valence-electron chi connectivity index (χ1n) is 8.90. The lowest BCUT2D eigenvalue weighted by atomic mass is 10.1. The van der Waals surface area contributed by atoms with Gasteiger partial charge in [-0.1, -0.05) is 13.0 Å². The highest BCUT2D eigenvalue weighted by Crippen LogP contribution is 2.38. The van der Waals surface area contributed by atoms with Crippen LogP contribution in [0.4, 0.5) is 5.69 Å². The van der Waals surface area contributed by atoms with Crippen LogP contribution >= 0.6 is 11.3 Å². The van der Waals surface area contributed by atoms with Gasteiger partial charge in [-0.2, -0.15) is 0 Å². The zero-order valence-electron chi connectivity index (χ0n) is 15.9. The van der Waals surface area contributed by atoms with Gasteiger partial charge in [-0.05, 0) is 51.3 Å². The zero-order valence-corrected chi connectivity index (χ0v) is 16.7. The highest BCUT2D eigenvalue weighted by atomic mass is 32.1. The topological polar surface area (TPSA) is 62.3 Å². The van der Waals surface area contributed by atoms with E-state index in [2.05, 4.69) is 17.2 Å². The minimum absolute atomic E-state index is 0.0413. The van der Waals surface area contributed by atoms with Crippen molar-refractivity contribution in [3.63, 3.8) is 0 Å². The second-order valence-electron chi connectivity index (χ2n) is 7.16. The summed E-state index contributed by atoms with van der Waals surface area (Å²) in [5, 5.41) is 3.93. The number of benzene rings is 1. The average Bonchev–Trinajstić information content (AvgIpc) is 3.25. The monoisotopic (exact) mass is 371 g/mol. The van der Waals surface area contributed by atoms with E-state index in [4.69, 9.17) is 0 Å². The lowest BCUT2D eigenvalue weighted by Crippen LogP contribution is -2.29. The maximum absolute atomic E-state index is 12.9. The molecule has 0 aliphatic heterocycles. The minimum Gasteiger partial charge on any atom is -0.334 e. The first-order valence-corrected chi connectivity index (χ1v) is 9.71. The molecule has 1 aromatic heterocycles. The van der Waals surface area contributed by atoms with Crippen LogP contribution in [0.15, 0.2) is 24.3 Å². The molecule has 3 rings (SSSR count). The quantitative estimate of drug-likeness (QED) is 0.857. The first-order chi connectivity index (χ1) is 12.3. The number of amides is 2. The molecule has 5 nitrogen and oxygen atoms in total. The number of carbonyl (C=O) groups excluding carboxylic acids is 2. The molecule has 0 saturated heterocycles. The van der Waals surface area contributed by atoms with Crippen LogP contribution in [-0.4, -0.2) is 28.7 Å². The Labute approximate surface area is 158 Å². The molecule has 26 heavy (non-hydrogen) atoms. The van der Waals surface area contributed by atoms with Crippen LogP contribution in [0.3, 0.4) is 0 Å². The molecule has 1 N–H and O–H groups in total. The lowest BCUT2D eigenvalue weighted by molar-refractivity contribution is -0.117. The van der Waals surface area contributed by atoms with Gasteiger partial charge in [-0.3, -0.25) is 9.59 Å². The van der Waals surface area contributed by atoms with Crippen LogP contribution in [0, 0.1) is 25.7 Å². The Morgan fingerprint density at radius 1 is 1.35 bits per heavy atom. The van der Waals surface area contributed by atoms with Gasteiger partial charge in [-0.15, -0.1) is 11.3 Å². The molecule has 1 fully saturated rings. The molecule has 6 heteroatoms. The van der Waals surface area contributed by atoms with Crippen molar-refractivity contribution < 1.29 is 9.59 Å². The van der Waals surface area contributed by atoms with Crippen molar-refractivity contribution >= 4 is 28.8 Å². The zero-order chi connectivity index (χ0) is 19.0. The van der Waals surface area contributed by atoms with Crippen LogP contribution in [0.5, 0.6) is 0 Å². The fourth-order valence-corrected chi connectivity index (χ4v) is 4.17. The number of nitrogens with one attached hydrogen (secondary N) is 1. The van der Waals surface area contributed by atoms with Crippen LogP contribution in [0.2, 0.25) is 0 Å². The highest BCUT2D eigenvalue weighted by Gasteiger charge is 2.39. The molecule has 3 unspecified atom stereocenters. The summed E-state index contributed by atoms with van der Waals surface area (Å²) in [6.07, 6.45) is 0.943. The number of aryl methyl sites for hydroxylation is 2. The van der Waals surface area contributed by atoms with Crippen LogP contribution in [0.1, 0.15) is 52.2 Å². The average molecular weight is 372 g/mol. The fourth-order valence-electron chi connectivity index (χ4n) is 3.14. The smallest absolute Gasteiger partial charge is 0.254 e. The number of thiazole rings is 1. The van der Waals surface area contributed by atoms with Gasteiger partial charge in [0.25, 0.3) is 5.91 Å². The summed E-state index contributed by atoms with van der Waals surface area (Å²) in [6.45, 7) is 8.03. The molecule has 0 spiro atoms. The van der Waals surface area contributed by atoms with Gasteiger partial charge in [0.15, 0.2) is 0 Å². The van der Waals surface area contributed by atoms with Crippen LogP contribution in [0.25, 0.3) is 0 Å². The van der Waals surface area contributed by atoms with E-state index in [0.29, 0.717) is 17.2 Å². The van der Waals surface area contributed by atoms with E-state index >= 15 is 0 Å². The van der Waals surface area contributed by atoms with Crippen molar-refractivity contribution in [2.75, 3.05) is 12.4 Å². The van der Waals surface area contributed by atoms with E-state index < -0.39 is 0 Å². The molecule has 3 atom stereocenters. The molecule has 2 aromatic rings. The summed E-state index contributed by atoms with van der Waals surface area (Å²) in [5.74, 6) is 0.533. The van der Waals surface area contributed by atoms with E-state index in [-0.39, 0.29) is 23.8 Å². The fraction of sp³-hybridized carbons (Fsp3) is 0.450. The number of rotatable bonds is 5. The lowest BCUT2D eigenvalue weighted by Gasteiger charge is -2.24. The van der Waals surface area contributed by atoms with Crippen molar-refractivity contribution in [3.05, 3.63) is 45.4 Å². The Morgan fingerprint density at radius 3 is 2.62 bits per heavy atom. The van der Waals surface area contributed by atoms with E-state index in [1.165, 1.54) is 0 Å². The van der Waals surface area contributed by atoms with Gasteiger partial charge in [0.2, 0.25) is 5.91 Å². The maximum Gasteiger partial charge on any atom is 0.254 e. The largest absolute Gasteiger partial charge is 0.334 e. The Kier molecular flexibility index (Phi) is 5.14. The molecular formula is C20H25N3O2S.